The lowest BCUT2D eigenvalue weighted by atomic mass is 10.3. The van der Waals surface area contributed by atoms with E-state index in [-0.39, 0.29) is 29.0 Å². The van der Waals surface area contributed by atoms with E-state index in [1.54, 1.807) is 37.3 Å². The molecule has 142 valence electrons. The molecule has 1 heterocycles. The van der Waals surface area contributed by atoms with Gasteiger partial charge in [0.25, 0.3) is 0 Å². The quantitative estimate of drug-likeness (QED) is 0.339. The van der Waals surface area contributed by atoms with Gasteiger partial charge < -0.3 is 27.3 Å². The number of pyridine rings is 1. The summed E-state index contributed by atoms with van der Waals surface area (Å²) in [5.41, 5.74) is 17.4. The van der Waals surface area contributed by atoms with Gasteiger partial charge in [0, 0.05) is 0 Å². The van der Waals surface area contributed by atoms with Gasteiger partial charge >= 0.3 is 5.97 Å². The van der Waals surface area contributed by atoms with Gasteiger partial charge in [-0.3, -0.25) is 4.79 Å². The van der Waals surface area contributed by atoms with Crippen molar-refractivity contribution in [3.63, 3.8) is 0 Å². The Balaban J connectivity index is 2.19. The Kier molecular flexibility index (Phi) is 6.52. The molecule has 2 aromatic rings. The second-order valence-corrected chi connectivity index (χ2v) is 5.76. The van der Waals surface area contributed by atoms with Gasteiger partial charge in [-0.25, -0.2) is 9.78 Å². The Morgan fingerprint density at radius 1 is 1.04 bits per heavy atom. The second kappa shape index (κ2) is 8.83. The number of esters is 1. The van der Waals surface area contributed by atoms with Crippen LogP contribution < -0.4 is 27.3 Å². The summed E-state index contributed by atoms with van der Waals surface area (Å²) in [5.74, 6) is -0.448. The highest BCUT2D eigenvalue weighted by molar-refractivity contribution is 5.93. The van der Waals surface area contributed by atoms with Crippen LogP contribution in [0, 0.1) is 0 Å². The summed E-state index contributed by atoms with van der Waals surface area (Å²) in [6.45, 7) is 3.07. The third kappa shape index (κ3) is 5.56. The fraction of sp³-hybridized carbons (Fsp3) is 0.235. The van der Waals surface area contributed by atoms with Crippen molar-refractivity contribution in [2.24, 2.45) is 21.7 Å². The van der Waals surface area contributed by atoms with E-state index < -0.39 is 18.1 Å². The fourth-order valence-electron chi connectivity index (χ4n) is 1.80. The lowest BCUT2D eigenvalue weighted by Crippen LogP contribution is -2.32. The molecular weight excluding hydrogens is 350 g/mol. The van der Waals surface area contributed by atoms with Crippen molar-refractivity contribution in [2.75, 3.05) is 11.1 Å². The number of benzene rings is 1. The topological polar surface area (TPSA) is 171 Å². The first-order valence-corrected chi connectivity index (χ1v) is 8.09. The molecule has 0 fully saturated rings. The van der Waals surface area contributed by atoms with Gasteiger partial charge in [0.1, 0.15) is 23.2 Å². The van der Waals surface area contributed by atoms with E-state index in [0.29, 0.717) is 5.69 Å². The second-order valence-electron chi connectivity index (χ2n) is 5.76. The van der Waals surface area contributed by atoms with Gasteiger partial charge in [-0.05, 0) is 38.1 Å². The number of aromatic nitrogens is 1. The molecule has 1 amide bonds. The van der Waals surface area contributed by atoms with Crippen molar-refractivity contribution in [1.29, 1.82) is 0 Å². The van der Waals surface area contributed by atoms with Gasteiger partial charge in [0.2, 0.25) is 5.91 Å². The van der Waals surface area contributed by atoms with E-state index in [4.69, 9.17) is 21.9 Å². The zero-order chi connectivity index (χ0) is 20.0. The largest absolute Gasteiger partial charge is 0.423 e. The highest BCUT2D eigenvalue weighted by Gasteiger charge is 2.13. The van der Waals surface area contributed by atoms with Crippen LogP contribution in [0.25, 0.3) is 0 Å². The number of nitrogens with zero attached hydrogens (tertiary/aromatic N) is 3. The van der Waals surface area contributed by atoms with Crippen molar-refractivity contribution >= 4 is 34.9 Å². The van der Waals surface area contributed by atoms with Crippen LogP contribution in [0.4, 0.5) is 23.0 Å². The Morgan fingerprint density at radius 3 is 2.33 bits per heavy atom. The number of amides is 1. The maximum Gasteiger partial charge on any atom is 0.328 e. The fourth-order valence-corrected chi connectivity index (χ4v) is 1.80. The molecule has 7 N–H and O–H groups in total. The number of azo groups is 1. The first-order chi connectivity index (χ1) is 12.8. The minimum atomic E-state index is -0.770. The molecule has 0 aliphatic heterocycles. The van der Waals surface area contributed by atoms with Crippen LogP contribution in [0.15, 0.2) is 46.6 Å². The molecule has 0 aliphatic carbocycles. The van der Waals surface area contributed by atoms with Crippen LogP contribution in [-0.4, -0.2) is 28.9 Å². The average molecular weight is 371 g/mol. The number of rotatable bonds is 6. The van der Waals surface area contributed by atoms with Crippen LogP contribution in [0.2, 0.25) is 0 Å². The molecule has 1 aromatic heterocycles. The van der Waals surface area contributed by atoms with Crippen molar-refractivity contribution in [3.8, 4) is 5.75 Å². The normalized spacial score (nSPS) is 13.2. The number of nitrogen functional groups attached to an aromatic ring is 1. The maximum absolute atomic E-state index is 11.7. The van der Waals surface area contributed by atoms with Gasteiger partial charge in [0.15, 0.2) is 11.6 Å². The zero-order valence-electron chi connectivity index (χ0n) is 14.9. The minimum Gasteiger partial charge on any atom is -0.423 e. The van der Waals surface area contributed by atoms with Gasteiger partial charge in [0.05, 0.1) is 6.04 Å². The van der Waals surface area contributed by atoms with Crippen LogP contribution >= 0.6 is 0 Å². The number of hydrogen-bond acceptors (Lipinski definition) is 9. The van der Waals surface area contributed by atoms with Gasteiger partial charge in [-0.2, -0.15) is 0 Å². The van der Waals surface area contributed by atoms with Crippen molar-refractivity contribution in [1.82, 2.24) is 4.98 Å². The molecule has 1 aromatic carbocycles. The average Bonchev–Trinajstić information content (AvgIpc) is 2.61. The summed E-state index contributed by atoms with van der Waals surface area (Å²) in [4.78, 5) is 27.3. The molecule has 10 nitrogen and oxygen atoms in total. The summed E-state index contributed by atoms with van der Waals surface area (Å²) >= 11 is 0. The minimum absolute atomic E-state index is 0.0614. The summed E-state index contributed by atoms with van der Waals surface area (Å²) in [5, 5.41) is 10.6. The number of ether oxygens (including phenoxy) is 1. The predicted octanol–water partition coefficient (Wildman–Crippen LogP) is 1.62. The third-order valence-corrected chi connectivity index (χ3v) is 3.28. The first kappa shape index (κ1) is 19.9. The van der Waals surface area contributed by atoms with Gasteiger partial charge in [-0.1, -0.05) is 12.1 Å². The highest BCUT2D eigenvalue weighted by Crippen LogP contribution is 2.30. The van der Waals surface area contributed by atoms with Crippen molar-refractivity contribution < 1.29 is 14.3 Å². The van der Waals surface area contributed by atoms with Crippen molar-refractivity contribution in [3.05, 3.63) is 36.4 Å². The SMILES string of the molecule is C[C@H](N)C(=O)Nc1ccc(N=Nc2ccccc2OC(=O)[C@H](C)N)c(N)n1. The van der Waals surface area contributed by atoms with E-state index in [9.17, 15) is 9.59 Å². The molecule has 0 spiro atoms. The Hall–Kier alpha value is -3.37. The smallest absolute Gasteiger partial charge is 0.328 e. The molecule has 2 atom stereocenters. The van der Waals surface area contributed by atoms with Crippen LogP contribution in [0.3, 0.4) is 0 Å². The number of nitrogens with one attached hydrogen (secondary N) is 1. The van der Waals surface area contributed by atoms with E-state index in [0.717, 1.165) is 0 Å². The number of carbonyl (C=O) groups excluding carboxylic acids is 2. The Labute approximate surface area is 155 Å². The summed E-state index contributed by atoms with van der Waals surface area (Å²) in [6, 6.07) is 8.21. The molecule has 27 heavy (non-hydrogen) atoms. The summed E-state index contributed by atoms with van der Waals surface area (Å²) in [7, 11) is 0. The molecular formula is C17H21N7O3. The lowest BCUT2D eigenvalue weighted by Gasteiger charge is -2.09. The molecule has 0 radical (unpaired) electrons. The molecule has 0 saturated carbocycles. The van der Waals surface area contributed by atoms with Crippen molar-refractivity contribution in [2.45, 2.75) is 25.9 Å². The molecule has 10 heteroatoms. The molecule has 2 rings (SSSR count). The Morgan fingerprint density at radius 2 is 1.70 bits per heavy atom. The third-order valence-electron chi connectivity index (χ3n) is 3.28. The monoisotopic (exact) mass is 371 g/mol. The number of anilines is 2. The van der Waals surface area contributed by atoms with E-state index in [1.807, 2.05) is 0 Å². The standard InChI is InChI=1S/C17H21N7O3/c1-9(18)16(25)22-14-8-7-12(15(20)21-14)24-23-11-5-3-4-6-13(11)27-17(26)10(2)19/h3-10H,18-19H2,1-2H3,(H3,20,21,22,25)/t9-,10-/m0/s1. The first-order valence-electron chi connectivity index (χ1n) is 8.09. The number of para-hydroxylation sites is 1. The van der Waals surface area contributed by atoms with E-state index >= 15 is 0 Å². The van der Waals surface area contributed by atoms with E-state index in [2.05, 4.69) is 20.5 Å². The van der Waals surface area contributed by atoms with Gasteiger partial charge in [-0.15, -0.1) is 10.2 Å². The summed E-state index contributed by atoms with van der Waals surface area (Å²) in [6.07, 6.45) is 0. The number of carbonyl (C=O) groups is 2. The molecule has 0 aliphatic rings. The molecule has 0 unspecified atom stereocenters. The van der Waals surface area contributed by atoms with E-state index in [1.165, 1.54) is 13.0 Å². The Bertz CT molecular complexity index is 865. The predicted molar refractivity (Wildman–Crippen MR) is 101 cm³/mol. The number of hydrogen-bond donors (Lipinski definition) is 4. The maximum atomic E-state index is 11.7. The lowest BCUT2D eigenvalue weighted by molar-refractivity contribution is -0.135. The van der Waals surface area contributed by atoms with Crippen LogP contribution in [-0.2, 0) is 9.59 Å². The highest BCUT2D eigenvalue weighted by atomic mass is 16.5. The molecule has 0 bridgehead atoms. The zero-order valence-corrected chi connectivity index (χ0v) is 14.9. The number of nitrogens with two attached hydrogens (primary N) is 3. The molecule has 0 saturated heterocycles. The van der Waals surface area contributed by atoms with Crippen LogP contribution in [0.5, 0.6) is 5.75 Å². The van der Waals surface area contributed by atoms with Crippen LogP contribution in [0.1, 0.15) is 13.8 Å². The summed E-state index contributed by atoms with van der Waals surface area (Å²) < 4.78 is 5.19.